The number of amides is 1. The van der Waals surface area contributed by atoms with E-state index < -0.39 is 5.60 Å². The van der Waals surface area contributed by atoms with Gasteiger partial charge in [-0.1, -0.05) is 11.6 Å². The van der Waals surface area contributed by atoms with Crippen LogP contribution < -0.4 is 5.32 Å². The van der Waals surface area contributed by atoms with Gasteiger partial charge >= 0.3 is 6.09 Å². The summed E-state index contributed by atoms with van der Waals surface area (Å²) in [6.45, 7) is 6.88. The monoisotopic (exact) mass is 340 g/mol. The second-order valence-electron chi connectivity index (χ2n) is 6.85. The molecule has 1 heterocycles. The molecule has 0 radical (unpaired) electrons. The first-order valence-electron chi connectivity index (χ1n) is 7.92. The lowest BCUT2D eigenvalue weighted by molar-refractivity contribution is 0.0210. The maximum Gasteiger partial charge on any atom is 0.410 e. The number of anilines is 1. The molecule has 23 heavy (non-hydrogen) atoms. The second kappa shape index (κ2) is 7.41. The molecule has 0 unspecified atom stereocenters. The topological polar surface area (TPSA) is 61.8 Å². The molecule has 0 spiro atoms. The standard InChI is InChI=1S/C17H25ClN2O3/c1-17(2,3)23-16(22)20-8-6-14(7-9-20)19-15-5-4-13(18)10-12(15)11-21/h4-5,10,14,19,21H,6-9,11H2,1-3H3. The van der Waals surface area contributed by atoms with Crippen molar-refractivity contribution >= 4 is 23.4 Å². The van der Waals surface area contributed by atoms with E-state index in [2.05, 4.69) is 5.32 Å². The number of aliphatic hydroxyl groups is 1. The van der Waals surface area contributed by atoms with Gasteiger partial charge in [-0.2, -0.15) is 0 Å². The second-order valence-corrected chi connectivity index (χ2v) is 7.28. The number of likely N-dealkylation sites (tertiary alicyclic amines) is 1. The highest BCUT2D eigenvalue weighted by Gasteiger charge is 2.27. The van der Waals surface area contributed by atoms with Gasteiger partial charge in [0.05, 0.1) is 6.61 Å². The SMILES string of the molecule is CC(C)(C)OC(=O)N1CCC(Nc2ccc(Cl)cc2CO)CC1. The van der Waals surface area contributed by atoms with Gasteiger partial charge in [0.1, 0.15) is 5.60 Å². The molecule has 1 fully saturated rings. The Bertz CT molecular complexity index is 549. The number of carbonyl (C=O) groups is 1. The van der Waals surface area contributed by atoms with E-state index in [0.29, 0.717) is 18.1 Å². The summed E-state index contributed by atoms with van der Waals surface area (Å²) in [6.07, 6.45) is 1.43. The molecular formula is C17H25ClN2O3. The van der Waals surface area contributed by atoms with E-state index in [1.54, 1.807) is 17.0 Å². The van der Waals surface area contributed by atoms with Crippen molar-refractivity contribution in [1.29, 1.82) is 0 Å². The average Bonchev–Trinajstić information content (AvgIpc) is 2.48. The first-order chi connectivity index (χ1) is 10.8. The summed E-state index contributed by atoms with van der Waals surface area (Å²) < 4.78 is 5.40. The van der Waals surface area contributed by atoms with Crippen molar-refractivity contribution in [3.05, 3.63) is 28.8 Å². The molecule has 6 heteroatoms. The number of benzene rings is 1. The van der Waals surface area contributed by atoms with Gasteiger partial charge < -0.3 is 20.1 Å². The minimum Gasteiger partial charge on any atom is -0.444 e. The third-order valence-electron chi connectivity index (χ3n) is 3.74. The molecule has 2 rings (SSSR count). The maximum atomic E-state index is 12.1. The summed E-state index contributed by atoms with van der Waals surface area (Å²) >= 11 is 5.95. The maximum absolute atomic E-state index is 12.1. The minimum absolute atomic E-state index is 0.0559. The summed E-state index contributed by atoms with van der Waals surface area (Å²) in [6, 6.07) is 5.72. The van der Waals surface area contributed by atoms with Crippen LogP contribution in [0.5, 0.6) is 0 Å². The molecule has 1 aliphatic heterocycles. The molecule has 0 saturated carbocycles. The smallest absolute Gasteiger partial charge is 0.410 e. The highest BCUT2D eigenvalue weighted by atomic mass is 35.5. The number of hydrogen-bond acceptors (Lipinski definition) is 4. The van der Waals surface area contributed by atoms with Gasteiger partial charge in [0.25, 0.3) is 0 Å². The predicted molar refractivity (Wildman–Crippen MR) is 91.8 cm³/mol. The molecule has 1 amide bonds. The fourth-order valence-corrected chi connectivity index (χ4v) is 2.78. The van der Waals surface area contributed by atoms with E-state index in [4.69, 9.17) is 16.3 Å². The summed E-state index contributed by atoms with van der Waals surface area (Å²) in [5.74, 6) is 0. The largest absolute Gasteiger partial charge is 0.444 e. The molecule has 0 bridgehead atoms. The van der Waals surface area contributed by atoms with Crippen molar-refractivity contribution in [2.24, 2.45) is 0 Å². The Balaban J connectivity index is 1.89. The van der Waals surface area contributed by atoms with Crippen molar-refractivity contribution in [3.63, 3.8) is 0 Å². The highest BCUT2D eigenvalue weighted by Crippen LogP contribution is 2.24. The van der Waals surface area contributed by atoms with Gasteiger partial charge in [0, 0.05) is 35.4 Å². The third kappa shape index (κ3) is 5.29. The number of nitrogens with one attached hydrogen (secondary N) is 1. The van der Waals surface area contributed by atoms with Crippen LogP contribution in [0.25, 0.3) is 0 Å². The molecule has 2 N–H and O–H groups in total. The number of hydrogen-bond donors (Lipinski definition) is 2. The number of piperidine rings is 1. The Kier molecular flexibility index (Phi) is 5.76. The number of halogens is 1. The number of carbonyl (C=O) groups excluding carboxylic acids is 1. The van der Waals surface area contributed by atoms with Crippen LogP contribution in [0.2, 0.25) is 5.02 Å². The van der Waals surface area contributed by atoms with Crippen LogP contribution in [0.3, 0.4) is 0 Å². The fourth-order valence-electron chi connectivity index (χ4n) is 2.59. The number of ether oxygens (including phenoxy) is 1. The Morgan fingerprint density at radius 2 is 2.04 bits per heavy atom. The number of aliphatic hydroxyl groups excluding tert-OH is 1. The molecule has 1 aromatic carbocycles. The van der Waals surface area contributed by atoms with Gasteiger partial charge in [0.15, 0.2) is 0 Å². The van der Waals surface area contributed by atoms with Gasteiger partial charge in [-0.25, -0.2) is 4.79 Å². The van der Waals surface area contributed by atoms with Crippen LogP contribution in [0.4, 0.5) is 10.5 Å². The number of rotatable bonds is 3. The molecule has 1 saturated heterocycles. The van der Waals surface area contributed by atoms with E-state index in [-0.39, 0.29) is 18.7 Å². The van der Waals surface area contributed by atoms with Crippen LogP contribution >= 0.6 is 11.6 Å². The van der Waals surface area contributed by atoms with Crippen LogP contribution in [-0.4, -0.2) is 40.8 Å². The van der Waals surface area contributed by atoms with E-state index in [9.17, 15) is 9.90 Å². The van der Waals surface area contributed by atoms with Crippen molar-refractivity contribution in [1.82, 2.24) is 4.90 Å². The third-order valence-corrected chi connectivity index (χ3v) is 3.98. The Morgan fingerprint density at radius 3 is 2.61 bits per heavy atom. The van der Waals surface area contributed by atoms with Gasteiger partial charge in [-0.15, -0.1) is 0 Å². The molecule has 0 aliphatic carbocycles. The molecular weight excluding hydrogens is 316 g/mol. The van der Waals surface area contributed by atoms with E-state index >= 15 is 0 Å². The average molecular weight is 341 g/mol. The first kappa shape index (κ1) is 17.9. The minimum atomic E-state index is -0.467. The van der Waals surface area contributed by atoms with E-state index in [1.165, 1.54) is 0 Å². The van der Waals surface area contributed by atoms with Crippen molar-refractivity contribution in [3.8, 4) is 0 Å². The zero-order chi connectivity index (χ0) is 17.0. The van der Waals surface area contributed by atoms with Crippen LogP contribution in [0.15, 0.2) is 18.2 Å². The summed E-state index contributed by atoms with van der Waals surface area (Å²) in [5, 5.41) is 13.5. The number of nitrogens with zero attached hydrogens (tertiary/aromatic N) is 1. The van der Waals surface area contributed by atoms with Gasteiger partial charge in [0.2, 0.25) is 0 Å². The molecule has 0 atom stereocenters. The zero-order valence-corrected chi connectivity index (χ0v) is 14.7. The first-order valence-corrected chi connectivity index (χ1v) is 8.30. The van der Waals surface area contributed by atoms with Crippen molar-refractivity contribution in [2.75, 3.05) is 18.4 Å². The van der Waals surface area contributed by atoms with E-state index in [0.717, 1.165) is 24.1 Å². The lowest BCUT2D eigenvalue weighted by Crippen LogP contribution is -2.44. The fraction of sp³-hybridized carbons (Fsp3) is 0.588. The van der Waals surface area contributed by atoms with Crippen LogP contribution in [-0.2, 0) is 11.3 Å². The Morgan fingerprint density at radius 1 is 1.39 bits per heavy atom. The van der Waals surface area contributed by atoms with Crippen LogP contribution in [0, 0.1) is 0 Å². The normalized spacial score (nSPS) is 16.3. The lowest BCUT2D eigenvalue weighted by Gasteiger charge is -2.34. The summed E-state index contributed by atoms with van der Waals surface area (Å²) in [7, 11) is 0. The molecule has 1 aromatic rings. The molecule has 5 nitrogen and oxygen atoms in total. The quantitative estimate of drug-likeness (QED) is 0.881. The van der Waals surface area contributed by atoms with E-state index in [1.807, 2.05) is 26.8 Å². The van der Waals surface area contributed by atoms with Gasteiger partial charge in [-0.3, -0.25) is 0 Å². The Labute approximate surface area is 142 Å². The summed E-state index contributed by atoms with van der Waals surface area (Å²) in [4.78, 5) is 13.8. The highest BCUT2D eigenvalue weighted by molar-refractivity contribution is 6.30. The van der Waals surface area contributed by atoms with Gasteiger partial charge in [-0.05, 0) is 51.8 Å². The Hall–Kier alpha value is -1.46. The lowest BCUT2D eigenvalue weighted by atomic mass is 10.0. The van der Waals surface area contributed by atoms with Crippen molar-refractivity contribution < 1.29 is 14.6 Å². The predicted octanol–water partition coefficient (Wildman–Crippen LogP) is 3.64. The summed E-state index contributed by atoms with van der Waals surface area (Å²) in [5.41, 5.74) is 1.21. The zero-order valence-electron chi connectivity index (χ0n) is 13.9. The van der Waals surface area contributed by atoms with Crippen LogP contribution in [0.1, 0.15) is 39.2 Å². The molecule has 128 valence electrons. The molecule has 0 aromatic heterocycles. The molecule has 1 aliphatic rings. The van der Waals surface area contributed by atoms with Crippen molar-refractivity contribution in [2.45, 2.75) is 51.9 Å².